The number of hydrogen-bond donors (Lipinski definition) is 0. The van der Waals surface area contributed by atoms with Crippen LogP contribution >= 0.6 is 22.7 Å². The quantitative estimate of drug-likeness (QED) is 0.630. The monoisotopic (exact) mass is 358 g/mol. The predicted octanol–water partition coefficient (Wildman–Crippen LogP) is 2.86. The molecule has 0 N–H and O–H groups in total. The molecule has 0 aromatic carbocycles. The summed E-state index contributed by atoms with van der Waals surface area (Å²) in [5.41, 5.74) is 0.547. The van der Waals surface area contributed by atoms with Gasteiger partial charge in [-0.3, -0.25) is 9.59 Å². The van der Waals surface area contributed by atoms with Gasteiger partial charge in [0, 0.05) is 11.1 Å². The van der Waals surface area contributed by atoms with Gasteiger partial charge in [0.15, 0.2) is 11.6 Å². The van der Waals surface area contributed by atoms with Crippen LogP contribution in [0.15, 0.2) is 24.4 Å². The van der Waals surface area contributed by atoms with Crippen molar-refractivity contribution >= 4 is 34.2 Å². The molecule has 3 aromatic rings. The lowest BCUT2D eigenvalue weighted by molar-refractivity contribution is 0.0984. The maximum atomic E-state index is 12.3. The van der Waals surface area contributed by atoms with Gasteiger partial charge < -0.3 is 0 Å². The Morgan fingerprint density at radius 3 is 2.17 bits per heavy atom. The molecule has 3 aromatic heterocycles. The molecule has 24 heavy (non-hydrogen) atoms. The zero-order valence-electron chi connectivity index (χ0n) is 13.1. The fourth-order valence-electron chi connectivity index (χ4n) is 2.09. The van der Waals surface area contributed by atoms with E-state index in [1.807, 2.05) is 13.8 Å². The van der Waals surface area contributed by atoms with Crippen LogP contribution in [0.5, 0.6) is 0 Å². The standard InChI is InChI=1S/C16H14N4O2S2/c1-9-8-17-15(23-9)6-13(21)11-4-3-5-12(18-11)14(22)7-16-20-19-10(2)24-16/h3-5,8H,6-7H2,1-2H3. The molecule has 0 spiro atoms. The highest BCUT2D eigenvalue weighted by molar-refractivity contribution is 7.11. The number of Topliss-reactive ketones (excluding diaryl/α,β-unsaturated/α-hetero) is 2. The van der Waals surface area contributed by atoms with Gasteiger partial charge in [0.1, 0.15) is 26.4 Å². The number of ketones is 2. The van der Waals surface area contributed by atoms with Crippen LogP contribution in [-0.2, 0) is 12.8 Å². The highest BCUT2D eigenvalue weighted by atomic mass is 32.1. The van der Waals surface area contributed by atoms with Crippen molar-refractivity contribution in [1.82, 2.24) is 20.2 Å². The number of pyridine rings is 1. The third-order valence-corrected chi connectivity index (χ3v) is 4.93. The van der Waals surface area contributed by atoms with E-state index in [-0.39, 0.29) is 35.8 Å². The first-order chi connectivity index (χ1) is 11.5. The van der Waals surface area contributed by atoms with Gasteiger partial charge in [-0.25, -0.2) is 9.97 Å². The predicted molar refractivity (Wildman–Crippen MR) is 91.8 cm³/mol. The molecule has 0 unspecified atom stereocenters. The molecule has 0 saturated heterocycles. The summed E-state index contributed by atoms with van der Waals surface area (Å²) in [6.07, 6.45) is 2.07. The molecule has 0 aliphatic rings. The van der Waals surface area contributed by atoms with Crippen molar-refractivity contribution < 1.29 is 9.59 Å². The molecule has 0 amide bonds. The van der Waals surface area contributed by atoms with E-state index in [2.05, 4.69) is 20.2 Å². The van der Waals surface area contributed by atoms with Crippen molar-refractivity contribution in [3.05, 3.63) is 55.7 Å². The van der Waals surface area contributed by atoms with Gasteiger partial charge >= 0.3 is 0 Å². The van der Waals surface area contributed by atoms with Gasteiger partial charge in [-0.2, -0.15) is 0 Å². The van der Waals surface area contributed by atoms with Crippen molar-refractivity contribution in [3.63, 3.8) is 0 Å². The number of nitrogens with zero attached hydrogens (tertiary/aromatic N) is 4. The molecule has 0 fully saturated rings. The first-order valence-corrected chi connectivity index (χ1v) is 8.88. The molecule has 3 heterocycles. The van der Waals surface area contributed by atoms with Crippen LogP contribution in [0.25, 0.3) is 0 Å². The smallest absolute Gasteiger partial charge is 0.188 e. The Balaban J connectivity index is 1.73. The molecule has 3 rings (SSSR count). The van der Waals surface area contributed by atoms with E-state index < -0.39 is 0 Å². The van der Waals surface area contributed by atoms with Crippen LogP contribution in [0.1, 0.15) is 40.9 Å². The number of carbonyl (C=O) groups is 2. The van der Waals surface area contributed by atoms with Gasteiger partial charge in [-0.15, -0.1) is 32.9 Å². The van der Waals surface area contributed by atoms with Crippen molar-refractivity contribution in [3.8, 4) is 0 Å². The Hall–Kier alpha value is -2.32. The minimum atomic E-state index is -0.175. The van der Waals surface area contributed by atoms with Crippen LogP contribution in [0, 0.1) is 13.8 Å². The highest BCUT2D eigenvalue weighted by Crippen LogP contribution is 2.15. The SMILES string of the molecule is Cc1cnc(CC(=O)c2cccc(C(=O)Cc3nnc(C)s3)n2)s1. The number of aryl methyl sites for hydroxylation is 2. The minimum Gasteiger partial charge on any atom is -0.292 e. The third-order valence-electron chi connectivity index (χ3n) is 3.18. The summed E-state index contributed by atoms with van der Waals surface area (Å²) < 4.78 is 0. The zero-order chi connectivity index (χ0) is 17.1. The maximum absolute atomic E-state index is 12.3. The largest absolute Gasteiger partial charge is 0.292 e. The fourth-order valence-corrected chi connectivity index (χ4v) is 3.59. The molecular weight excluding hydrogens is 344 g/mol. The molecule has 0 bridgehead atoms. The van der Waals surface area contributed by atoms with Gasteiger partial charge in [-0.05, 0) is 26.0 Å². The van der Waals surface area contributed by atoms with Crippen LogP contribution in [-0.4, -0.2) is 31.7 Å². The minimum absolute atomic E-state index is 0.141. The Kier molecular flexibility index (Phi) is 4.86. The molecule has 0 radical (unpaired) electrons. The third kappa shape index (κ3) is 3.95. The van der Waals surface area contributed by atoms with E-state index in [0.717, 1.165) is 14.9 Å². The summed E-state index contributed by atoms with van der Waals surface area (Å²) in [7, 11) is 0. The molecule has 6 nitrogen and oxygen atoms in total. The average Bonchev–Trinajstić information content (AvgIpc) is 3.15. The topological polar surface area (TPSA) is 85.7 Å². The maximum Gasteiger partial charge on any atom is 0.188 e. The second-order valence-corrected chi connectivity index (χ2v) is 7.77. The Morgan fingerprint density at radius 1 is 0.958 bits per heavy atom. The van der Waals surface area contributed by atoms with Gasteiger partial charge in [0.2, 0.25) is 0 Å². The summed E-state index contributed by atoms with van der Waals surface area (Å²) in [6, 6.07) is 4.90. The summed E-state index contributed by atoms with van der Waals surface area (Å²) in [6.45, 7) is 3.78. The average molecular weight is 358 g/mol. The number of thiazole rings is 1. The van der Waals surface area contributed by atoms with Crippen molar-refractivity contribution in [2.24, 2.45) is 0 Å². The number of carbonyl (C=O) groups excluding carboxylic acids is 2. The van der Waals surface area contributed by atoms with E-state index in [9.17, 15) is 9.59 Å². The second-order valence-electron chi connectivity index (χ2n) is 5.19. The lowest BCUT2D eigenvalue weighted by atomic mass is 10.1. The number of rotatable bonds is 6. The normalized spacial score (nSPS) is 10.8. The fraction of sp³-hybridized carbons (Fsp3) is 0.250. The number of aromatic nitrogens is 4. The summed E-state index contributed by atoms with van der Waals surface area (Å²) >= 11 is 2.87. The van der Waals surface area contributed by atoms with E-state index >= 15 is 0 Å². The molecule has 0 saturated carbocycles. The highest BCUT2D eigenvalue weighted by Gasteiger charge is 2.16. The van der Waals surface area contributed by atoms with Crippen LogP contribution in [0.4, 0.5) is 0 Å². The van der Waals surface area contributed by atoms with E-state index in [0.29, 0.717) is 5.01 Å². The van der Waals surface area contributed by atoms with Gasteiger partial charge in [0.25, 0.3) is 0 Å². The van der Waals surface area contributed by atoms with Crippen molar-refractivity contribution in [1.29, 1.82) is 0 Å². The summed E-state index contributed by atoms with van der Waals surface area (Å²) in [4.78, 5) is 34.1. The number of hydrogen-bond acceptors (Lipinski definition) is 8. The summed E-state index contributed by atoms with van der Waals surface area (Å²) in [5.74, 6) is -0.323. The molecule has 0 aliphatic heterocycles. The van der Waals surface area contributed by atoms with Crippen molar-refractivity contribution in [2.45, 2.75) is 26.7 Å². The van der Waals surface area contributed by atoms with Gasteiger partial charge in [-0.1, -0.05) is 6.07 Å². The summed E-state index contributed by atoms with van der Waals surface area (Å²) in [5, 5.41) is 10.0. The van der Waals surface area contributed by atoms with Crippen LogP contribution in [0.3, 0.4) is 0 Å². The second kappa shape index (κ2) is 7.06. The van der Waals surface area contributed by atoms with E-state index in [1.54, 1.807) is 24.4 Å². The molecule has 0 aliphatic carbocycles. The zero-order valence-corrected chi connectivity index (χ0v) is 14.8. The first kappa shape index (κ1) is 16.5. The van der Waals surface area contributed by atoms with Crippen LogP contribution < -0.4 is 0 Å². The first-order valence-electron chi connectivity index (χ1n) is 7.25. The Labute approximate surface area is 146 Å². The Bertz CT molecular complexity index is 831. The van der Waals surface area contributed by atoms with Gasteiger partial charge in [0.05, 0.1) is 12.8 Å². The molecule has 0 atom stereocenters. The van der Waals surface area contributed by atoms with Crippen LogP contribution in [0.2, 0.25) is 0 Å². The van der Waals surface area contributed by atoms with E-state index in [1.165, 1.54) is 22.7 Å². The lowest BCUT2D eigenvalue weighted by Gasteiger charge is -2.02. The molecule has 8 heteroatoms. The Morgan fingerprint density at radius 2 is 1.62 bits per heavy atom. The van der Waals surface area contributed by atoms with Crippen molar-refractivity contribution in [2.75, 3.05) is 0 Å². The van der Waals surface area contributed by atoms with E-state index in [4.69, 9.17) is 0 Å². The lowest BCUT2D eigenvalue weighted by Crippen LogP contribution is -2.11. The molecule has 122 valence electrons. The molecular formula is C16H14N4O2S2.